The van der Waals surface area contributed by atoms with Crippen molar-refractivity contribution in [3.8, 4) is 0 Å². The SMILES string of the molecule is Cc1ccc(C(Nc2cc(C)c(Br)c(C)c2)C2CC2)cc1. The molecule has 21 heavy (non-hydrogen) atoms. The van der Waals surface area contributed by atoms with Crippen LogP contribution in [0.25, 0.3) is 0 Å². The Hall–Kier alpha value is -1.28. The number of hydrogen-bond acceptors (Lipinski definition) is 1. The lowest BCUT2D eigenvalue weighted by molar-refractivity contribution is 0.678. The third-order valence-electron chi connectivity index (χ3n) is 4.29. The summed E-state index contributed by atoms with van der Waals surface area (Å²) in [4.78, 5) is 0. The lowest BCUT2D eigenvalue weighted by Crippen LogP contribution is -2.13. The van der Waals surface area contributed by atoms with Crippen LogP contribution in [0.2, 0.25) is 0 Å². The normalized spacial score (nSPS) is 15.8. The van der Waals surface area contributed by atoms with Gasteiger partial charge in [-0.3, -0.25) is 0 Å². The highest BCUT2D eigenvalue weighted by Gasteiger charge is 2.32. The summed E-state index contributed by atoms with van der Waals surface area (Å²) in [6, 6.07) is 13.9. The Morgan fingerprint density at radius 3 is 2.10 bits per heavy atom. The molecule has 0 amide bonds. The van der Waals surface area contributed by atoms with Gasteiger partial charge in [0.15, 0.2) is 0 Å². The van der Waals surface area contributed by atoms with Crippen molar-refractivity contribution < 1.29 is 0 Å². The molecular weight excluding hydrogens is 322 g/mol. The van der Waals surface area contributed by atoms with Crippen molar-refractivity contribution in [2.75, 3.05) is 5.32 Å². The molecule has 1 N–H and O–H groups in total. The van der Waals surface area contributed by atoms with Crippen LogP contribution in [0.15, 0.2) is 40.9 Å². The van der Waals surface area contributed by atoms with Gasteiger partial charge in [0.2, 0.25) is 0 Å². The van der Waals surface area contributed by atoms with Crippen molar-refractivity contribution in [3.63, 3.8) is 0 Å². The zero-order chi connectivity index (χ0) is 15.0. The Bertz CT molecular complexity index is 618. The molecule has 0 saturated heterocycles. The maximum absolute atomic E-state index is 3.76. The molecule has 2 heteroatoms. The molecule has 1 nitrogen and oxygen atoms in total. The zero-order valence-corrected chi connectivity index (χ0v) is 14.5. The average molecular weight is 344 g/mol. The van der Waals surface area contributed by atoms with E-state index < -0.39 is 0 Å². The largest absolute Gasteiger partial charge is 0.378 e. The summed E-state index contributed by atoms with van der Waals surface area (Å²) >= 11 is 3.65. The highest BCUT2D eigenvalue weighted by Crippen LogP contribution is 2.43. The molecule has 0 radical (unpaired) electrons. The van der Waals surface area contributed by atoms with Crippen LogP contribution < -0.4 is 5.32 Å². The Morgan fingerprint density at radius 2 is 1.57 bits per heavy atom. The van der Waals surface area contributed by atoms with E-state index in [0.29, 0.717) is 6.04 Å². The second-order valence-electron chi connectivity index (χ2n) is 6.29. The van der Waals surface area contributed by atoms with E-state index in [1.165, 1.54) is 45.3 Å². The molecule has 110 valence electrons. The standard InChI is InChI=1S/C19H22BrN/c1-12-4-6-15(7-5-12)19(16-8-9-16)21-17-10-13(2)18(20)14(3)11-17/h4-7,10-11,16,19,21H,8-9H2,1-3H3. The van der Waals surface area contributed by atoms with E-state index in [0.717, 1.165) is 5.92 Å². The lowest BCUT2D eigenvalue weighted by Gasteiger charge is -2.21. The van der Waals surface area contributed by atoms with Crippen molar-refractivity contribution in [1.82, 2.24) is 0 Å². The molecule has 1 fully saturated rings. The Kier molecular flexibility index (Phi) is 4.08. The van der Waals surface area contributed by atoms with Crippen LogP contribution in [-0.4, -0.2) is 0 Å². The maximum Gasteiger partial charge on any atom is 0.0542 e. The van der Waals surface area contributed by atoms with Gasteiger partial charge in [0, 0.05) is 10.2 Å². The summed E-state index contributed by atoms with van der Waals surface area (Å²) in [5.41, 5.74) is 6.53. The number of aryl methyl sites for hydroxylation is 3. The van der Waals surface area contributed by atoms with Gasteiger partial charge >= 0.3 is 0 Å². The van der Waals surface area contributed by atoms with E-state index in [-0.39, 0.29) is 0 Å². The van der Waals surface area contributed by atoms with Crippen LogP contribution in [0.5, 0.6) is 0 Å². The van der Waals surface area contributed by atoms with Gasteiger partial charge in [0.1, 0.15) is 0 Å². The molecule has 0 aliphatic heterocycles. The number of hydrogen-bond donors (Lipinski definition) is 1. The summed E-state index contributed by atoms with van der Waals surface area (Å²) in [6.45, 7) is 6.45. The second kappa shape index (κ2) is 5.84. The second-order valence-corrected chi connectivity index (χ2v) is 7.09. The number of rotatable bonds is 4. The van der Waals surface area contributed by atoms with Crippen molar-refractivity contribution in [2.24, 2.45) is 5.92 Å². The van der Waals surface area contributed by atoms with Crippen LogP contribution in [0.4, 0.5) is 5.69 Å². The number of anilines is 1. The van der Waals surface area contributed by atoms with Crippen molar-refractivity contribution >= 4 is 21.6 Å². The highest BCUT2D eigenvalue weighted by atomic mass is 79.9. The Labute approximate surface area is 135 Å². The molecular formula is C19H22BrN. The van der Waals surface area contributed by atoms with Crippen molar-refractivity contribution in [3.05, 3.63) is 63.1 Å². The van der Waals surface area contributed by atoms with E-state index in [2.05, 4.69) is 78.4 Å². The van der Waals surface area contributed by atoms with Crippen LogP contribution in [-0.2, 0) is 0 Å². The van der Waals surface area contributed by atoms with Gasteiger partial charge in [-0.25, -0.2) is 0 Å². The molecule has 1 atom stereocenters. The third-order valence-corrected chi connectivity index (χ3v) is 5.54. The summed E-state index contributed by atoms with van der Waals surface area (Å²) < 4.78 is 1.21. The molecule has 0 heterocycles. The first-order valence-electron chi connectivity index (χ1n) is 7.64. The van der Waals surface area contributed by atoms with Crippen LogP contribution in [0.3, 0.4) is 0 Å². The quantitative estimate of drug-likeness (QED) is 0.724. The Balaban J connectivity index is 1.87. The van der Waals surface area contributed by atoms with E-state index in [9.17, 15) is 0 Å². The maximum atomic E-state index is 3.76. The summed E-state index contributed by atoms with van der Waals surface area (Å²) in [5, 5.41) is 3.76. The fourth-order valence-corrected chi connectivity index (χ4v) is 3.11. The van der Waals surface area contributed by atoms with Gasteiger partial charge in [-0.2, -0.15) is 0 Å². The van der Waals surface area contributed by atoms with Gasteiger partial charge < -0.3 is 5.32 Å². The third kappa shape index (κ3) is 3.32. The topological polar surface area (TPSA) is 12.0 Å². The van der Waals surface area contributed by atoms with Gasteiger partial charge in [-0.1, -0.05) is 45.8 Å². The first-order valence-corrected chi connectivity index (χ1v) is 8.44. The van der Waals surface area contributed by atoms with E-state index in [1.54, 1.807) is 0 Å². The van der Waals surface area contributed by atoms with E-state index in [1.807, 2.05) is 0 Å². The molecule has 2 aromatic rings. The number of halogens is 1. The fraction of sp³-hybridized carbons (Fsp3) is 0.368. The molecule has 0 bridgehead atoms. The van der Waals surface area contributed by atoms with Crippen molar-refractivity contribution in [1.29, 1.82) is 0 Å². The Morgan fingerprint density at radius 1 is 1.00 bits per heavy atom. The average Bonchev–Trinajstić information content (AvgIpc) is 3.28. The molecule has 1 unspecified atom stereocenters. The zero-order valence-electron chi connectivity index (χ0n) is 12.9. The molecule has 2 aromatic carbocycles. The number of benzene rings is 2. The van der Waals surface area contributed by atoms with Gasteiger partial charge in [0.25, 0.3) is 0 Å². The molecule has 1 aliphatic rings. The first kappa shape index (κ1) is 14.6. The highest BCUT2D eigenvalue weighted by molar-refractivity contribution is 9.10. The van der Waals surface area contributed by atoms with E-state index in [4.69, 9.17) is 0 Å². The summed E-state index contributed by atoms with van der Waals surface area (Å²) in [6.07, 6.45) is 2.67. The smallest absolute Gasteiger partial charge is 0.0542 e. The van der Waals surface area contributed by atoms with E-state index >= 15 is 0 Å². The summed E-state index contributed by atoms with van der Waals surface area (Å²) in [5.74, 6) is 0.775. The van der Waals surface area contributed by atoms with Crippen LogP contribution in [0.1, 0.15) is 41.1 Å². The minimum atomic E-state index is 0.436. The van der Waals surface area contributed by atoms with Gasteiger partial charge in [-0.05, 0) is 68.4 Å². The fourth-order valence-electron chi connectivity index (χ4n) is 2.89. The molecule has 0 spiro atoms. The van der Waals surface area contributed by atoms with Gasteiger partial charge in [-0.15, -0.1) is 0 Å². The molecule has 1 saturated carbocycles. The first-order chi connectivity index (χ1) is 10.0. The number of nitrogens with one attached hydrogen (secondary N) is 1. The molecule has 0 aromatic heterocycles. The van der Waals surface area contributed by atoms with Crippen molar-refractivity contribution in [2.45, 2.75) is 39.7 Å². The molecule has 3 rings (SSSR count). The minimum absolute atomic E-state index is 0.436. The predicted molar refractivity (Wildman–Crippen MR) is 93.9 cm³/mol. The minimum Gasteiger partial charge on any atom is -0.378 e. The van der Waals surface area contributed by atoms with Gasteiger partial charge in [0.05, 0.1) is 6.04 Å². The monoisotopic (exact) mass is 343 g/mol. The van der Waals surface area contributed by atoms with Crippen LogP contribution in [0, 0.1) is 26.7 Å². The lowest BCUT2D eigenvalue weighted by atomic mass is 10.00. The predicted octanol–water partition coefficient (Wildman–Crippen LogP) is 5.94. The summed E-state index contributed by atoms with van der Waals surface area (Å²) in [7, 11) is 0. The molecule has 1 aliphatic carbocycles. The van der Waals surface area contributed by atoms with Crippen LogP contribution >= 0.6 is 15.9 Å².